The Hall–Kier alpha value is -2.63. The Morgan fingerprint density at radius 3 is 2.71 bits per heavy atom. The highest BCUT2D eigenvalue weighted by Gasteiger charge is 2.45. The van der Waals surface area contributed by atoms with Gasteiger partial charge in [-0.05, 0) is 110 Å². The molecule has 3 aliphatic carbocycles. The van der Waals surface area contributed by atoms with Gasteiger partial charge in [0, 0.05) is 48.7 Å². The molecular weight excluding hydrogens is 698 g/mol. The van der Waals surface area contributed by atoms with Gasteiger partial charge in [-0.3, -0.25) is 9.69 Å². The van der Waals surface area contributed by atoms with Crippen molar-refractivity contribution in [2.45, 2.75) is 81.5 Å². The molecule has 3 aliphatic heterocycles. The maximum Gasteiger partial charge on any atom is 0.264 e. The van der Waals surface area contributed by atoms with Gasteiger partial charge in [-0.1, -0.05) is 49.6 Å². The number of hydrogen-bond acceptors (Lipinski definition) is 8. The lowest BCUT2D eigenvalue weighted by Gasteiger charge is -2.46. The second-order valence-electron chi connectivity index (χ2n) is 16.4. The molecule has 3 heterocycles. The van der Waals surface area contributed by atoms with Crippen LogP contribution in [0.1, 0.15) is 79.8 Å². The fourth-order valence-electron chi connectivity index (χ4n) is 9.45. The number of benzene rings is 2. The van der Waals surface area contributed by atoms with Gasteiger partial charge in [-0.15, -0.1) is 0 Å². The first-order chi connectivity index (χ1) is 25.2. The lowest BCUT2D eigenvalue weighted by atomic mass is 9.68. The lowest BCUT2D eigenvalue weighted by Crippen LogP contribution is -2.50. The Bertz CT molecular complexity index is 1760. The largest absolute Gasteiger partial charge is 0.490 e. The highest BCUT2D eigenvalue weighted by molar-refractivity contribution is 7.90. The summed E-state index contributed by atoms with van der Waals surface area (Å²) in [6, 6.07) is 11.7. The summed E-state index contributed by atoms with van der Waals surface area (Å²) in [7, 11) is -3.94. The van der Waals surface area contributed by atoms with Crippen LogP contribution in [-0.2, 0) is 31.3 Å². The molecule has 11 heteroatoms. The molecule has 0 radical (unpaired) electrons. The van der Waals surface area contributed by atoms with Crippen molar-refractivity contribution in [2.75, 3.05) is 64.1 Å². The predicted octanol–water partition coefficient (Wildman–Crippen LogP) is 6.38. The van der Waals surface area contributed by atoms with Gasteiger partial charge < -0.3 is 19.1 Å². The molecule has 1 N–H and O–H groups in total. The monoisotopic (exact) mass is 751 g/mol. The van der Waals surface area contributed by atoms with Crippen LogP contribution < -0.4 is 14.4 Å². The van der Waals surface area contributed by atoms with Crippen molar-refractivity contribution in [1.29, 1.82) is 0 Å². The molecule has 2 aromatic carbocycles. The molecule has 2 aromatic rings. The maximum atomic E-state index is 14.0. The molecule has 2 saturated carbocycles. The Morgan fingerprint density at radius 1 is 1.08 bits per heavy atom. The minimum atomic E-state index is -3.94. The van der Waals surface area contributed by atoms with Gasteiger partial charge in [-0.2, -0.15) is 0 Å². The van der Waals surface area contributed by atoms with E-state index in [2.05, 4.69) is 38.8 Å². The van der Waals surface area contributed by atoms with Crippen molar-refractivity contribution < 1.29 is 27.4 Å². The summed E-state index contributed by atoms with van der Waals surface area (Å²) in [4.78, 5) is 18.7. The fraction of sp³-hybridized carbons (Fsp3) is 0.634. The number of anilines is 1. The van der Waals surface area contributed by atoms with Crippen LogP contribution in [0, 0.1) is 23.7 Å². The minimum absolute atomic E-state index is 0.0568. The average Bonchev–Trinajstić information content (AvgIpc) is 3.96. The summed E-state index contributed by atoms with van der Waals surface area (Å²) < 4.78 is 49.5. The third kappa shape index (κ3) is 7.79. The molecule has 9 nitrogen and oxygen atoms in total. The van der Waals surface area contributed by atoms with Crippen molar-refractivity contribution in [3.63, 3.8) is 0 Å². The number of nitrogens with one attached hydrogen (secondary N) is 1. The number of carbonyl (C=O) groups is 1. The summed E-state index contributed by atoms with van der Waals surface area (Å²) in [5.41, 5.74) is 3.51. The van der Waals surface area contributed by atoms with Crippen molar-refractivity contribution in [3.8, 4) is 5.75 Å². The zero-order valence-electron chi connectivity index (χ0n) is 30.4. The van der Waals surface area contributed by atoms with E-state index < -0.39 is 21.2 Å². The topological polar surface area (TPSA) is 97.4 Å². The number of amides is 1. The molecule has 52 heavy (non-hydrogen) atoms. The number of carbonyl (C=O) groups excluding carboxylic acids is 1. The van der Waals surface area contributed by atoms with Gasteiger partial charge in [0.1, 0.15) is 5.75 Å². The molecule has 1 saturated heterocycles. The first kappa shape index (κ1) is 36.4. The van der Waals surface area contributed by atoms with E-state index in [-0.39, 0.29) is 17.4 Å². The van der Waals surface area contributed by atoms with Crippen LogP contribution in [0.2, 0.25) is 5.02 Å². The number of morpholine rings is 1. The van der Waals surface area contributed by atoms with E-state index in [4.69, 9.17) is 25.8 Å². The number of ether oxygens (including phenoxy) is 3. The van der Waals surface area contributed by atoms with E-state index in [0.29, 0.717) is 49.4 Å². The summed E-state index contributed by atoms with van der Waals surface area (Å²) >= 11 is 6.49. The molecule has 6 atom stereocenters. The fourth-order valence-corrected chi connectivity index (χ4v) is 11.4. The van der Waals surface area contributed by atoms with E-state index >= 15 is 0 Å². The standard InChI is InChI=1S/C41H54ClN3O6S/c1-28-4-2-6-37(50-21-18-44-16-19-49-20-17-44)34-12-9-32(34)25-45-26-41(15-3-5-30-23-33(42)11-13-35(30)41)27-51-38-14-10-31(24-36(38)45)40(46)43-52(47,48)39(28)22-29-7-8-29/h2,6,10-11,13-14,23-24,28-29,32,34,37,39H,3-5,7-9,12,15-22,25-27H2,1H3,(H,43,46)/b6-2+/t28-,32-,34+,37-,39+,41-/m0/s1. The number of aryl methyl sites for hydroxylation is 1. The molecule has 2 bridgehead atoms. The molecule has 282 valence electrons. The normalized spacial score (nSPS) is 32.8. The molecule has 1 amide bonds. The number of halogens is 1. The van der Waals surface area contributed by atoms with Gasteiger partial charge in [0.25, 0.3) is 5.91 Å². The summed E-state index contributed by atoms with van der Waals surface area (Å²) in [5.74, 6) is 1.12. The van der Waals surface area contributed by atoms with Crippen molar-refractivity contribution in [1.82, 2.24) is 9.62 Å². The molecule has 8 rings (SSSR count). The van der Waals surface area contributed by atoms with Crippen molar-refractivity contribution in [3.05, 3.63) is 70.3 Å². The van der Waals surface area contributed by atoms with Crippen molar-refractivity contribution in [2.24, 2.45) is 23.7 Å². The third-order valence-electron chi connectivity index (χ3n) is 12.8. The van der Waals surface area contributed by atoms with E-state index in [1.807, 2.05) is 25.1 Å². The molecule has 0 unspecified atom stereocenters. The summed E-state index contributed by atoms with van der Waals surface area (Å²) in [6.07, 6.45) is 12.8. The lowest BCUT2D eigenvalue weighted by molar-refractivity contribution is -0.0315. The van der Waals surface area contributed by atoms with Crippen LogP contribution >= 0.6 is 11.6 Å². The Labute approximate surface area is 314 Å². The molecule has 6 aliphatic rings. The van der Waals surface area contributed by atoms with Crippen LogP contribution in [0.4, 0.5) is 5.69 Å². The number of fused-ring (bicyclic) bond motifs is 4. The zero-order chi connectivity index (χ0) is 35.9. The number of sulfonamides is 1. The van der Waals surface area contributed by atoms with Crippen LogP contribution in [0.3, 0.4) is 0 Å². The maximum absolute atomic E-state index is 14.0. The second kappa shape index (κ2) is 15.2. The predicted molar refractivity (Wildman–Crippen MR) is 204 cm³/mol. The Balaban J connectivity index is 1.14. The highest BCUT2D eigenvalue weighted by Crippen LogP contribution is 2.47. The quantitative estimate of drug-likeness (QED) is 0.340. The zero-order valence-corrected chi connectivity index (χ0v) is 32.0. The van der Waals surface area contributed by atoms with E-state index in [1.165, 1.54) is 11.1 Å². The van der Waals surface area contributed by atoms with Crippen LogP contribution in [0.5, 0.6) is 5.75 Å². The first-order valence-corrected chi connectivity index (χ1v) is 21.5. The van der Waals surface area contributed by atoms with Crippen LogP contribution in [0.25, 0.3) is 0 Å². The smallest absolute Gasteiger partial charge is 0.264 e. The summed E-state index contributed by atoms with van der Waals surface area (Å²) in [5, 5.41) is 0.0991. The van der Waals surface area contributed by atoms with E-state index in [9.17, 15) is 13.2 Å². The third-order valence-corrected chi connectivity index (χ3v) is 15.0. The highest BCUT2D eigenvalue weighted by atomic mass is 35.5. The van der Waals surface area contributed by atoms with Gasteiger partial charge in [-0.25, -0.2) is 13.1 Å². The van der Waals surface area contributed by atoms with Crippen molar-refractivity contribution >= 4 is 33.2 Å². The van der Waals surface area contributed by atoms with Crippen LogP contribution in [0.15, 0.2) is 48.6 Å². The first-order valence-electron chi connectivity index (χ1n) is 19.6. The SMILES string of the molecule is C[C@H]1C/C=C/[C@H](OCCN2CCOCC2)[C@@H]2CC[C@H]2CN2C[C@@]3(CCCc4cc(Cl)ccc43)COc3ccc(cc32)C(=O)NS(=O)(=O)[C@@H]1CC1CC1. The van der Waals surface area contributed by atoms with Crippen LogP contribution in [-0.4, -0.2) is 89.7 Å². The number of rotatable bonds is 6. The molecular formula is C41H54ClN3O6S. The minimum Gasteiger partial charge on any atom is -0.490 e. The molecule has 3 fully saturated rings. The second-order valence-corrected chi connectivity index (χ2v) is 18.7. The van der Waals surface area contributed by atoms with E-state index in [1.54, 1.807) is 6.07 Å². The van der Waals surface area contributed by atoms with Gasteiger partial charge >= 0.3 is 0 Å². The Kier molecular flexibility index (Phi) is 10.7. The molecule has 1 spiro atoms. The number of allylic oxidation sites excluding steroid dienone is 1. The van der Waals surface area contributed by atoms with Gasteiger partial charge in [0.2, 0.25) is 10.0 Å². The summed E-state index contributed by atoms with van der Waals surface area (Å²) in [6.45, 7) is 8.96. The Morgan fingerprint density at radius 2 is 1.92 bits per heavy atom. The van der Waals surface area contributed by atoms with Gasteiger partial charge in [0.05, 0.1) is 43.5 Å². The number of hydrogen-bond donors (Lipinski definition) is 1. The molecule has 0 aromatic heterocycles. The van der Waals surface area contributed by atoms with E-state index in [0.717, 1.165) is 107 Å². The number of nitrogens with zero attached hydrogens (tertiary/aromatic N) is 2. The van der Waals surface area contributed by atoms with Gasteiger partial charge in [0.15, 0.2) is 0 Å². The average molecular weight is 752 g/mol.